The van der Waals surface area contributed by atoms with Crippen LogP contribution in [0.1, 0.15) is 38.8 Å². The predicted octanol–water partition coefficient (Wildman–Crippen LogP) is 7.51. The first-order valence-corrected chi connectivity index (χ1v) is 19.8. The van der Waals surface area contributed by atoms with E-state index in [-0.39, 0.29) is 41.3 Å². The van der Waals surface area contributed by atoms with Crippen LogP contribution in [0.5, 0.6) is 0 Å². The van der Waals surface area contributed by atoms with Gasteiger partial charge in [0.25, 0.3) is 0 Å². The molecule has 0 unspecified atom stereocenters. The number of nitrogens with zero attached hydrogens (tertiary/aromatic N) is 6. The smallest absolute Gasteiger partial charge is 0.399 e. The average Bonchev–Trinajstić information content (AvgIpc) is 4.08. The van der Waals surface area contributed by atoms with Crippen LogP contribution in [-0.2, 0) is 22.4 Å². The number of aromatic nitrogens is 8. The van der Waals surface area contributed by atoms with E-state index in [1.165, 1.54) is 24.3 Å². The van der Waals surface area contributed by atoms with Crippen molar-refractivity contribution >= 4 is 28.5 Å². The van der Waals surface area contributed by atoms with Crippen molar-refractivity contribution in [1.82, 2.24) is 38.7 Å². The van der Waals surface area contributed by atoms with E-state index in [4.69, 9.17) is 9.31 Å². The van der Waals surface area contributed by atoms with Gasteiger partial charge in [-0.1, -0.05) is 52.3 Å². The summed E-state index contributed by atoms with van der Waals surface area (Å²) < 4.78 is 45.3. The third-order valence-electron chi connectivity index (χ3n) is 10.3. The van der Waals surface area contributed by atoms with Gasteiger partial charge in [0.1, 0.15) is 11.6 Å². The van der Waals surface area contributed by atoms with Gasteiger partial charge in [0, 0.05) is 58.9 Å². The Kier molecular flexibility index (Phi) is 12.4. The van der Waals surface area contributed by atoms with Gasteiger partial charge in [-0.3, -0.25) is 28.5 Å². The van der Waals surface area contributed by atoms with Crippen molar-refractivity contribution in [3.63, 3.8) is 0 Å². The molecule has 1 aliphatic rings. The van der Waals surface area contributed by atoms with Crippen molar-refractivity contribution in [2.45, 2.75) is 52.0 Å². The summed E-state index contributed by atoms with van der Waals surface area (Å²) in [6.45, 7) is 8.82. The summed E-state index contributed by atoms with van der Waals surface area (Å²) in [6, 6.07) is 27.7. The van der Waals surface area contributed by atoms with Crippen LogP contribution in [0.2, 0.25) is 0 Å². The summed E-state index contributed by atoms with van der Waals surface area (Å²) in [5.41, 5.74) is 5.12. The van der Waals surface area contributed by atoms with Crippen LogP contribution in [0, 0.1) is 11.6 Å². The molecule has 0 bridgehead atoms. The van der Waals surface area contributed by atoms with E-state index in [0.29, 0.717) is 13.1 Å². The van der Waals surface area contributed by atoms with E-state index in [0.717, 1.165) is 43.6 Å². The van der Waals surface area contributed by atoms with Crippen molar-refractivity contribution in [2.24, 2.45) is 0 Å². The van der Waals surface area contributed by atoms with Crippen LogP contribution in [0.4, 0.5) is 8.78 Å². The third-order valence-corrected chi connectivity index (χ3v) is 10.8. The molecule has 8 aromatic rings. The zero-order chi connectivity index (χ0) is 42.4. The molecule has 0 aliphatic carbocycles. The van der Waals surface area contributed by atoms with Gasteiger partial charge >= 0.3 is 18.5 Å². The highest BCUT2D eigenvalue weighted by atomic mass is 79.9. The van der Waals surface area contributed by atoms with Crippen LogP contribution in [0.15, 0.2) is 161 Å². The van der Waals surface area contributed by atoms with Crippen molar-refractivity contribution in [1.29, 1.82) is 0 Å². The van der Waals surface area contributed by atoms with Crippen molar-refractivity contribution in [3.05, 3.63) is 195 Å². The molecular formula is C44H42BBrF2N8O4. The van der Waals surface area contributed by atoms with E-state index in [9.17, 15) is 18.4 Å². The number of nitrogens with one attached hydrogen (secondary N) is 2. The molecule has 0 atom stereocenters. The van der Waals surface area contributed by atoms with Gasteiger partial charge in [0.05, 0.1) is 41.9 Å². The quantitative estimate of drug-likeness (QED) is 0.152. The number of imidazole rings is 2. The number of benzene rings is 4. The highest BCUT2D eigenvalue weighted by Crippen LogP contribution is 2.36. The Hall–Kier alpha value is -6.36. The maximum absolute atomic E-state index is 13.3. The van der Waals surface area contributed by atoms with Gasteiger partial charge in [0.2, 0.25) is 0 Å². The second kappa shape index (κ2) is 17.9. The summed E-state index contributed by atoms with van der Waals surface area (Å²) in [7, 11) is -0.307. The number of hydrogen-bond donors (Lipinski definition) is 2. The average molecular weight is 876 g/mol. The van der Waals surface area contributed by atoms with Crippen molar-refractivity contribution in [3.8, 4) is 22.5 Å². The Labute approximate surface area is 353 Å². The maximum atomic E-state index is 13.3. The first kappa shape index (κ1) is 41.8. The molecule has 0 radical (unpaired) electrons. The molecule has 1 fully saturated rings. The Morgan fingerprint density at radius 3 is 1.57 bits per heavy atom. The Balaban J connectivity index is 0.000000142. The van der Waals surface area contributed by atoms with E-state index >= 15 is 0 Å². The molecule has 0 saturated carbocycles. The molecule has 5 heterocycles. The van der Waals surface area contributed by atoms with Crippen LogP contribution >= 0.6 is 15.9 Å². The molecular weight excluding hydrogens is 833 g/mol. The molecule has 4 aromatic carbocycles. The van der Waals surface area contributed by atoms with E-state index < -0.39 is 0 Å². The van der Waals surface area contributed by atoms with Crippen LogP contribution in [0.25, 0.3) is 22.5 Å². The van der Waals surface area contributed by atoms with Gasteiger partial charge in [-0.15, -0.1) is 0 Å². The Morgan fingerprint density at radius 1 is 0.633 bits per heavy atom. The number of rotatable bonds is 8. The van der Waals surface area contributed by atoms with E-state index in [1.807, 2.05) is 82.4 Å². The minimum Gasteiger partial charge on any atom is -0.399 e. The normalized spacial score (nSPS) is 13.9. The molecule has 0 amide bonds. The summed E-state index contributed by atoms with van der Waals surface area (Å²) in [4.78, 5) is 25.0. The second-order valence-electron chi connectivity index (χ2n) is 15.0. The van der Waals surface area contributed by atoms with Crippen molar-refractivity contribution < 1.29 is 18.1 Å². The predicted molar refractivity (Wildman–Crippen MR) is 231 cm³/mol. The van der Waals surface area contributed by atoms with E-state index in [2.05, 4.69) is 36.3 Å². The number of hydrogen-bond acceptors (Lipinski definition) is 6. The largest absolute Gasteiger partial charge is 0.498 e. The van der Waals surface area contributed by atoms with Crippen LogP contribution < -0.4 is 16.8 Å². The minimum absolute atomic E-state index is 0.151. The molecule has 0 spiro atoms. The number of halogens is 3. The van der Waals surface area contributed by atoms with Gasteiger partial charge in [0.15, 0.2) is 0 Å². The molecule has 9 rings (SSSR count). The minimum atomic E-state index is -0.307. The fourth-order valence-corrected chi connectivity index (χ4v) is 6.58. The van der Waals surface area contributed by atoms with Crippen molar-refractivity contribution in [2.75, 3.05) is 0 Å². The molecule has 306 valence electrons. The van der Waals surface area contributed by atoms with E-state index in [1.54, 1.807) is 85.9 Å². The standard InChI is InChI=1S/C19H15FN4O.C16H12BrFN2O.C9H15BN2O2/c20-17-3-1-2-14(10-17)13-23-8-9-24(19(23)25)18-6-4-15(5-7-18)16-11-21-22-12-16;17-13-4-6-15(7-5-13)20-9-8-19(16(20)21)11-12-2-1-3-14(18)10-12;1-8(2)9(3,4)14-10(13-8)7-5-11-12-6-7/h1-12H,13H2,(H,21,22);1-10H,11H2;5-6H,1-4H3,(H,11,12). The zero-order valence-corrected chi connectivity index (χ0v) is 34.9. The first-order valence-electron chi connectivity index (χ1n) is 19.0. The van der Waals surface area contributed by atoms with Crippen LogP contribution in [-0.4, -0.2) is 57.0 Å². The third kappa shape index (κ3) is 9.74. The fourth-order valence-electron chi connectivity index (χ4n) is 6.32. The second-order valence-corrected chi connectivity index (χ2v) is 16.0. The first-order chi connectivity index (χ1) is 28.8. The van der Waals surface area contributed by atoms with Crippen LogP contribution in [0.3, 0.4) is 0 Å². The summed E-state index contributed by atoms with van der Waals surface area (Å²) in [5, 5.41) is 13.3. The highest BCUT2D eigenvalue weighted by Gasteiger charge is 2.52. The lowest BCUT2D eigenvalue weighted by Crippen LogP contribution is -2.41. The monoisotopic (exact) mass is 874 g/mol. The maximum Gasteiger partial charge on any atom is 0.498 e. The number of aromatic amines is 2. The lowest BCUT2D eigenvalue weighted by Gasteiger charge is -2.32. The topological polar surface area (TPSA) is 130 Å². The molecule has 2 N–H and O–H groups in total. The van der Waals surface area contributed by atoms with Gasteiger partial charge < -0.3 is 9.31 Å². The lowest BCUT2D eigenvalue weighted by atomic mass is 9.82. The molecule has 60 heavy (non-hydrogen) atoms. The van der Waals surface area contributed by atoms with Gasteiger partial charge in [-0.05, 0) is 105 Å². The highest BCUT2D eigenvalue weighted by molar-refractivity contribution is 9.10. The Morgan fingerprint density at radius 2 is 1.12 bits per heavy atom. The Bertz CT molecular complexity index is 2740. The molecule has 1 aliphatic heterocycles. The fraction of sp³-hybridized carbons (Fsp3) is 0.182. The van der Waals surface area contributed by atoms with Gasteiger partial charge in [-0.25, -0.2) is 18.4 Å². The molecule has 1 saturated heterocycles. The molecule has 4 aromatic heterocycles. The summed E-state index contributed by atoms with van der Waals surface area (Å²) >= 11 is 3.36. The zero-order valence-electron chi connectivity index (χ0n) is 33.3. The number of H-pyrrole nitrogens is 2. The SMILES string of the molecule is CC1(C)OB(c2cn[nH]c2)OC1(C)C.O=c1n(Cc2cccc(F)c2)ccn1-c1ccc(-c2cn[nH]c2)cc1.O=c1n(Cc2cccc(F)c2)ccn1-c1ccc(Br)cc1. The molecule has 16 heteroatoms. The molecule has 12 nitrogen and oxygen atoms in total. The van der Waals surface area contributed by atoms with Gasteiger partial charge in [-0.2, -0.15) is 10.2 Å². The summed E-state index contributed by atoms with van der Waals surface area (Å²) in [6.07, 6.45) is 13.9. The summed E-state index contributed by atoms with van der Waals surface area (Å²) in [5.74, 6) is -0.604. The lowest BCUT2D eigenvalue weighted by molar-refractivity contribution is 0.00578.